The lowest BCUT2D eigenvalue weighted by Gasteiger charge is -2.15. The van der Waals surface area contributed by atoms with E-state index in [0.717, 1.165) is 13.0 Å². The summed E-state index contributed by atoms with van der Waals surface area (Å²) in [6, 6.07) is -0.0396. The fourth-order valence-corrected chi connectivity index (χ4v) is 1.70. The summed E-state index contributed by atoms with van der Waals surface area (Å²) >= 11 is 2.09. The van der Waals surface area contributed by atoms with Crippen molar-refractivity contribution < 1.29 is 4.79 Å². The molecule has 1 rings (SSSR count). The summed E-state index contributed by atoms with van der Waals surface area (Å²) in [4.78, 5) is 11.4. The third-order valence-electron chi connectivity index (χ3n) is 1.55. The van der Waals surface area contributed by atoms with E-state index in [4.69, 9.17) is 0 Å². The van der Waals surface area contributed by atoms with E-state index in [1.54, 1.807) is 11.4 Å². The number of halogens is 1. The van der Waals surface area contributed by atoms with Crippen LogP contribution in [0.2, 0.25) is 0 Å². The van der Waals surface area contributed by atoms with Gasteiger partial charge in [0.2, 0.25) is 0 Å². The molecule has 2 N–H and O–H groups in total. The maximum Gasteiger partial charge on any atom is 0.251 e. The van der Waals surface area contributed by atoms with Gasteiger partial charge in [-0.25, -0.2) is 5.43 Å². The standard InChI is InChI=1S/C5H10IN3OS/c1-9(11-6)5(10)4-2-3-7-8-4/h4,7-8H,2-3H2,1H3. The minimum absolute atomic E-state index is 0.0396. The summed E-state index contributed by atoms with van der Waals surface area (Å²) in [5, 5.41) is 0. The van der Waals surface area contributed by atoms with E-state index in [1.807, 2.05) is 0 Å². The fourth-order valence-electron chi connectivity index (χ4n) is 0.923. The highest BCUT2D eigenvalue weighted by Gasteiger charge is 2.24. The van der Waals surface area contributed by atoms with Crippen LogP contribution in [0.15, 0.2) is 0 Å². The third kappa shape index (κ3) is 2.46. The maximum atomic E-state index is 11.4. The molecule has 0 aromatic carbocycles. The lowest BCUT2D eigenvalue weighted by atomic mass is 10.2. The van der Waals surface area contributed by atoms with Gasteiger partial charge in [-0.3, -0.25) is 14.5 Å². The average Bonchev–Trinajstić information content (AvgIpc) is 2.53. The van der Waals surface area contributed by atoms with E-state index in [9.17, 15) is 4.79 Å². The van der Waals surface area contributed by atoms with Gasteiger partial charge < -0.3 is 0 Å². The van der Waals surface area contributed by atoms with E-state index in [0.29, 0.717) is 0 Å². The summed E-state index contributed by atoms with van der Waals surface area (Å²) in [5.74, 6) is 0.134. The molecule has 1 aliphatic rings. The number of hydrogen-bond donors (Lipinski definition) is 2. The molecule has 0 radical (unpaired) electrons. The topological polar surface area (TPSA) is 44.4 Å². The van der Waals surface area contributed by atoms with E-state index >= 15 is 0 Å². The molecule has 1 aliphatic heterocycles. The Kier molecular flexibility index (Phi) is 3.90. The van der Waals surface area contributed by atoms with Crippen molar-refractivity contribution >= 4 is 36.2 Å². The van der Waals surface area contributed by atoms with E-state index in [2.05, 4.69) is 32.1 Å². The molecular formula is C5H10IN3OS. The van der Waals surface area contributed by atoms with Crippen molar-refractivity contribution in [1.82, 2.24) is 15.2 Å². The molecular weight excluding hydrogens is 277 g/mol. The van der Waals surface area contributed by atoms with Crippen molar-refractivity contribution in [3.63, 3.8) is 0 Å². The molecule has 6 heteroatoms. The quantitative estimate of drug-likeness (QED) is 0.567. The van der Waals surface area contributed by atoms with Crippen molar-refractivity contribution in [2.24, 2.45) is 0 Å². The third-order valence-corrected chi connectivity index (χ3v) is 3.71. The Labute approximate surface area is 82.2 Å². The number of nitrogens with zero attached hydrogens (tertiary/aromatic N) is 1. The number of carbonyl (C=O) groups excluding carboxylic acids is 1. The molecule has 1 amide bonds. The van der Waals surface area contributed by atoms with Gasteiger partial charge in [-0.05, 0) is 6.42 Å². The van der Waals surface area contributed by atoms with Crippen LogP contribution in [0.1, 0.15) is 6.42 Å². The van der Waals surface area contributed by atoms with E-state index in [1.165, 1.54) is 9.12 Å². The van der Waals surface area contributed by atoms with Crippen molar-refractivity contribution in [1.29, 1.82) is 0 Å². The number of nitrogens with one attached hydrogen (secondary N) is 2. The van der Waals surface area contributed by atoms with Crippen molar-refractivity contribution in [2.45, 2.75) is 12.5 Å². The lowest BCUT2D eigenvalue weighted by Crippen LogP contribution is -2.41. The minimum atomic E-state index is -0.0396. The summed E-state index contributed by atoms with van der Waals surface area (Å²) < 4.78 is 1.63. The molecule has 0 aromatic heterocycles. The molecule has 4 nitrogen and oxygen atoms in total. The highest BCUT2D eigenvalue weighted by Crippen LogP contribution is 2.17. The molecule has 0 saturated carbocycles. The Morgan fingerprint density at radius 2 is 2.55 bits per heavy atom. The number of amides is 1. The van der Waals surface area contributed by atoms with Crippen LogP contribution < -0.4 is 10.9 Å². The second kappa shape index (κ2) is 4.48. The summed E-state index contributed by atoms with van der Waals surface area (Å²) in [7, 11) is 3.18. The van der Waals surface area contributed by atoms with Gasteiger partial charge in [0, 0.05) is 43.9 Å². The minimum Gasteiger partial charge on any atom is -0.279 e. The van der Waals surface area contributed by atoms with Crippen LogP contribution in [0.5, 0.6) is 0 Å². The Balaban J connectivity index is 2.39. The zero-order valence-electron chi connectivity index (χ0n) is 6.13. The first-order chi connectivity index (χ1) is 5.25. The summed E-state index contributed by atoms with van der Waals surface area (Å²) in [6.07, 6.45) is 0.875. The highest BCUT2D eigenvalue weighted by molar-refractivity contribution is 14.2. The first-order valence-corrected chi connectivity index (χ1v) is 6.62. The first kappa shape index (κ1) is 9.56. The molecule has 0 bridgehead atoms. The molecule has 64 valence electrons. The van der Waals surface area contributed by atoms with Crippen molar-refractivity contribution in [2.75, 3.05) is 13.6 Å². The smallest absolute Gasteiger partial charge is 0.251 e. The van der Waals surface area contributed by atoms with Gasteiger partial charge in [0.15, 0.2) is 0 Å². The van der Waals surface area contributed by atoms with Crippen LogP contribution in [-0.2, 0) is 4.79 Å². The Bertz CT molecular complexity index is 151. The molecule has 0 aromatic rings. The number of rotatable bonds is 2. The van der Waals surface area contributed by atoms with Gasteiger partial charge in [-0.1, -0.05) is 0 Å². The number of hydrazine groups is 1. The zero-order valence-corrected chi connectivity index (χ0v) is 9.11. The van der Waals surface area contributed by atoms with Gasteiger partial charge in [-0.15, -0.1) is 0 Å². The van der Waals surface area contributed by atoms with Crippen LogP contribution in [-0.4, -0.2) is 29.8 Å². The van der Waals surface area contributed by atoms with E-state index < -0.39 is 0 Å². The second-order valence-corrected chi connectivity index (χ2v) is 4.18. The molecule has 1 fully saturated rings. The predicted octanol–water partition coefficient (Wildman–Crippen LogP) is 0.309. The summed E-state index contributed by atoms with van der Waals surface area (Å²) in [5.41, 5.74) is 5.84. The maximum absolute atomic E-state index is 11.4. The fraction of sp³-hybridized carbons (Fsp3) is 0.800. The van der Waals surface area contributed by atoms with Gasteiger partial charge in [0.05, 0.1) is 0 Å². The molecule has 0 spiro atoms. The predicted molar refractivity (Wildman–Crippen MR) is 53.9 cm³/mol. The zero-order chi connectivity index (χ0) is 8.27. The first-order valence-electron chi connectivity index (χ1n) is 3.30. The molecule has 11 heavy (non-hydrogen) atoms. The molecule has 1 unspecified atom stereocenters. The van der Waals surface area contributed by atoms with Gasteiger partial charge >= 0.3 is 0 Å². The average molecular weight is 287 g/mol. The largest absolute Gasteiger partial charge is 0.279 e. The number of hydrogen-bond acceptors (Lipinski definition) is 4. The molecule has 1 heterocycles. The Morgan fingerprint density at radius 1 is 1.82 bits per heavy atom. The van der Waals surface area contributed by atoms with Crippen LogP contribution in [0.25, 0.3) is 0 Å². The highest BCUT2D eigenvalue weighted by atomic mass is 127. The van der Waals surface area contributed by atoms with Crippen LogP contribution in [0.3, 0.4) is 0 Å². The van der Waals surface area contributed by atoms with Crippen LogP contribution >= 0.6 is 30.3 Å². The lowest BCUT2D eigenvalue weighted by molar-refractivity contribution is -0.127. The molecule has 1 saturated heterocycles. The van der Waals surface area contributed by atoms with Gasteiger partial charge in [0.1, 0.15) is 6.04 Å². The SMILES string of the molecule is CN(SI)C(=O)C1CCNN1. The van der Waals surface area contributed by atoms with Crippen LogP contribution in [0, 0.1) is 0 Å². The second-order valence-electron chi connectivity index (χ2n) is 2.32. The number of carbonyl (C=O) groups is 1. The van der Waals surface area contributed by atoms with Gasteiger partial charge in [-0.2, -0.15) is 0 Å². The van der Waals surface area contributed by atoms with Crippen molar-refractivity contribution in [3.05, 3.63) is 0 Å². The molecule has 1 atom stereocenters. The number of likely N-dealkylation sites (N-methyl/N-ethyl adjacent to an activating group) is 1. The van der Waals surface area contributed by atoms with E-state index in [-0.39, 0.29) is 11.9 Å². The monoisotopic (exact) mass is 287 g/mol. The summed E-state index contributed by atoms with van der Waals surface area (Å²) in [6.45, 7) is 0.871. The Morgan fingerprint density at radius 3 is 3.00 bits per heavy atom. The molecule has 0 aliphatic carbocycles. The Hall–Kier alpha value is 0.470. The van der Waals surface area contributed by atoms with Crippen molar-refractivity contribution in [3.8, 4) is 0 Å². The normalized spacial score (nSPS) is 23.6. The van der Waals surface area contributed by atoms with Gasteiger partial charge in [0.25, 0.3) is 5.91 Å². The van der Waals surface area contributed by atoms with Crippen LogP contribution in [0.4, 0.5) is 0 Å².